The number of pyridine rings is 1. The van der Waals surface area contributed by atoms with Crippen molar-refractivity contribution in [2.24, 2.45) is 11.3 Å². The number of hydrogen-bond acceptors (Lipinski definition) is 5. The van der Waals surface area contributed by atoms with Gasteiger partial charge in [-0.25, -0.2) is 9.37 Å². The summed E-state index contributed by atoms with van der Waals surface area (Å²) in [6.45, 7) is 1.12. The average molecular weight is 331 g/mol. The summed E-state index contributed by atoms with van der Waals surface area (Å²) in [6.07, 6.45) is 1.37. The Bertz CT molecular complexity index is 600. The highest BCUT2D eigenvalue weighted by Gasteiger charge is 2.58. The third kappa shape index (κ3) is 2.44. The minimum Gasteiger partial charge on any atom is -0.468 e. The molecule has 2 fully saturated rings. The molecule has 1 amide bonds. The highest BCUT2D eigenvalue weighted by molar-refractivity contribution is 5.93. The first kappa shape index (κ1) is 16.6. The second kappa shape index (κ2) is 6.18. The van der Waals surface area contributed by atoms with E-state index in [2.05, 4.69) is 4.98 Å². The number of rotatable bonds is 2. The van der Waals surface area contributed by atoms with Gasteiger partial charge in [-0.1, -0.05) is 0 Å². The van der Waals surface area contributed by atoms with Gasteiger partial charge in [-0.05, 0) is 12.1 Å². The molecule has 0 N–H and O–H groups in total. The van der Waals surface area contributed by atoms with Crippen molar-refractivity contribution in [1.82, 2.24) is 9.88 Å². The van der Waals surface area contributed by atoms with Crippen molar-refractivity contribution >= 4 is 24.3 Å². The molecule has 1 aromatic rings. The quantitative estimate of drug-likeness (QED) is 0.754. The van der Waals surface area contributed by atoms with Crippen LogP contribution in [0.4, 0.5) is 4.39 Å². The molecular weight excluding hydrogens is 315 g/mol. The van der Waals surface area contributed by atoms with Crippen molar-refractivity contribution in [3.63, 3.8) is 0 Å². The molecule has 0 unspecified atom stereocenters. The van der Waals surface area contributed by atoms with Gasteiger partial charge >= 0.3 is 5.97 Å². The summed E-state index contributed by atoms with van der Waals surface area (Å²) in [7, 11) is 1.31. The Labute approximate surface area is 133 Å². The van der Waals surface area contributed by atoms with E-state index >= 15 is 0 Å². The maximum Gasteiger partial charge on any atom is 0.316 e. The summed E-state index contributed by atoms with van der Waals surface area (Å²) in [5.41, 5.74) is -1.06. The Morgan fingerprint density at radius 1 is 1.55 bits per heavy atom. The zero-order valence-corrected chi connectivity index (χ0v) is 12.8. The van der Waals surface area contributed by atoms with Gasteiger partial charge in [0.25, 0.3) is 5.91 Å². The number of fused-ring (bicyclic) bond motifs is 1. The van der Waals surface area contributed by atoms with Crippen molar-refractivity contribution in [3.05, 3.63) is 29.8 Å². The minimum absolute atomic E-state index is 0. The number of likely N-dealkylation sites (tertiary alicyclic amines) is 1. The number of halogens is 2. The predicted octanol–water partition coefficient (Wildman–Crippen LogP) is 0.904. The van der Waals surface area contributed by atoms with Crippen LogP contribution in [0, 0.1) is 17.2 Å². The third-order valence-electron chi connectivity index (χ3n) is 4.21. The number of esters is 1. The zero-order valence-electron chi connectivity index (χ0n) is 12.0. The molecule has 0 radical (unpaired) electrons. The molecule has 0 aliphatic carbocycles. The fourth-order valence-corrected chi connectivity index (χ4v) is 3.07. The van der Waals surface area contributed by atoms with Crippen LogP contribution in [0.25, 0.3) is 0 Å². The SMILES string of the molecule is COC(=O)[C@@]12COC[C@@H]1CN(C(=O)c1ncccc1F)C2.Cl. The number of carbonyl (C=O) groups is 2. The predicted molar refractivity (Wildman–Crippen MR) is 76.1 cm³/mol. The highest BCUT2D eigenvalue weighted by atomic mass is 35.5. The van der Waals surface area contributed by atoms with E-state index in [1.54, 1.807) is 0 Å². The molecule has 2 aliphatic rings. The summed E-state index contributed by atoms with van der Waals surface area (Å²) in [5, 5.41) is 0. The molecule has 0 aromatic carbocycles. The van der Waals surface area contributed by atoms with Gasteiger partial charge in [-0.15, -0.1) is 12.4 Å². The molecule has 2 atom stereocenters. The van der Waals surface area contributed by atoms with Gasteiger partial charge in [0.2, 0.25) is 0 Å². The second-order valence-corrected chi connectivity index (χ2v) is 5.38. The van der Waals surface area contributed by atoms with E-state index in [1.807, 2.05) is 0 Å². The molecule has 0 saturated carbocycles. The lowest BCUT2D eigenvalue weighted by atomic mass is 9.81. The largest absolute Gasteiger partial charge is 0.468 e. The molecule has 8 heteroatoms. The molecule has 3 rings (SSSR count). The van der Waals surface area contributed by atoms with Gasteiger partial charge in [-0.3, -0.25) is 9.59 Å². The van der Waals surface area contributed by atoms with E-state index in [0.717, 1.165) is 0 Å². The van der Waals surface area contributed by atoms with Crippen molar-refractivity contribution in [1.29, 1.82) is 0 Å². The number of nitrogens with zero attached hydrogens (tertiary/aromatic N) is 2. The summed E-state index contributed by atoms with van der Waals surface area (Å²) in [5.74, 6) is -1.68. The summed E-state index contributed by atoms with van der Waals surface area (Å²) < 4.78 is 23.9. The van der Waals surface area contributed by atoms with Gasteiger partial charge in [0.05, 0.1) is 20.3 Å². The van der Waals surface area contributed by atoms with Gasteiger partial charge in [0.15, 0.2) is 11.5 Å². The van der Waals surface area contributed by atoms with Crippen LogP contribution in [0.15, 0.2) is 18.3 Å². The maximum absolute atomic E-state index is 13.7. The summed E-state index contributed by atoms with van der Waals surface area (Å²) >= 11 is 0. The van der Waals surface area contributed by atoms with Crippen LogP contribution in [-0.2, 0) is 14.3 Å². The number of carbonyl (C=O) groups excluding carboxylic acids is 2. The van der Waals surface area contributed by atoms with Crippen LogP contribution in [-0.4, -0.2) is 55.2 Å². The van der Waals surface area contributed by atoms with Crippen molar-refractivity contribution in [2.75, 3.05) is 33.4 Å². The van der Waals surface area contributed by atoms with Crippen LogP contribution in [0.5, 0.6) is 0 Å². The molecule has 120 valence electrons. The standard InChI is InChI=1S/C14H15FN2O4.ClH/c1-20-13(19)14-7-17(5-9(14)6-21-8-14)12(18)11-10(15)3-2-4-16-11;/h2-4,9H,5-8H2,1H3;1H/t9-,14-;/m0./s1. The Balaban J connectivity index is 0.00000176. The molecule has 2 aliphatic heterocycles. The smallest absolute Gasteiger partial charge is 0.316 e. The molecule has 0 spiro atoms. The van der Waals surface area contributed by atoms with Crippen LogP contribution in [0.2, 0.25) is 0 Å². The van der Waals surface area contributed by atoms with Crippen LogP contribution in [0.1, 0.15) is 10.5 Å². The topological polar surface area (TPSA) is 68.7 Å². The Morgan fingerprint density at radius 2 is 2.32 bits per heavy atom. The van der Waals surface area contributed by atoms with Crippen LogP contribution < -0.4 is 0 Å². The maximum atomic E-state index is 13.7. The first-order valence-electron chi connectivity index (χ1n) is 6.64. The minimum atomic E-state index is -0.838. The summed E-state index contributed by atoms with van der Waals surface area (Å²) in [4.78, 5) is 29.7. The average Bonchev–Trinajstić information content (AvgIpc) is 3.04. The first-order valence-corrected chi connectivity index (χ1v) is 6.64. The van der Waals surface area contributed by atoms with E-state index in [9.17, 15) is 14.0 Å². The highest BCUT2D eigenvalue weighted by Crippen LogP contribution is 2.42. The number of amides is 1. The van der Waals surface area contributed by atoms with Gasteiger partial charge in [0.1, 0.15) is 5.41 Å². The Kier molecular flexibility index (Phi) is 4.67. The molecule has 1 aromatic heterocycles. The third-order valence-corrected chi connectivity index (χ3v) is 4.21. The van der Waals surface area contributed by atoms with E-state index in [1.165, 1.54) is 30.3 Å². The molecule has 0 bridgehead atoms. The fraction of sp³-hybridized carbons (Fsp3) is 0.500. The number of aromatic nitrogens is 1. The lowest BCUT2D eigenvalue weighted by Gasteiger charge is -2.23. The molecule has 3 heterocycles. The van der Waals surface area contributed by atoms with Crippen LogP contribution >= 0.6 is 12.4 Å². The first-order chi connectivity index (χ1) is 10.1. The van der Waals surface area contributed by atoms with Crippen molar-refractivity contribution < 1.29 is 23.5 Å². The second-order valence-electron chi connectivity index (χ2n) is 5.38. The van der Waals surface area contributed by atoms with Gasteiger partial charge < -0.3 is 14.4 Å². The van der Waals surface area contributed by atoms with E-state index in [4.69, 9.17) is 9.47 Å². The van der Waals surface area contributed by atoms with Crippen LogP contribution in [0.3, 0.4) is 0 Å². The zero-order chi connectivity index (χ0) is 15.0. The van der Waals surface area contributed by atoms with Crippen molar-refractivity contribution in [2.45, 2.75) is 0 Å². The lowest BCUT2D eigenvalue weighted by molar-refractivity contribution is -0.153. The molecular formula is C14H16ClFN2O4. The normalized spacial score (nSPS) is 26.3. The molecule has 6 nitrogen and oxygen atoms in total. The Hall–Kier alpha value is -1.73. The van der Waals surface area contributed by atoms with Crippen molar-refractivity contribution in [3.8, 4) is 0 Å². The monoisotopic (exact) mass is 330 g/mol. The van der Waals surface area contributed by atoms with Gasteiger partial charge in [0, 0.05) is 25.2 Å². The van der Waals surface area contributed by atoms with E-state index < -0.39 is 17.1 Å². The number of methoxy groups -OCH3 is 1. The van der Waals surface area contributed by atoms with E-state index in [0.29, 0.717) is 13.2 Å². The number of hydrogen-bond donors (Lipinski definition) is 0. The fourth-order valence-electron chi connectivity index (χ4n) is 3.07. The van der Waals surface area contributed by atoms with Gasteiger partial charge in [-0.2, -0.15) is 0 Å². The summed E-state index contributed by atoms with van der Waals surface area (Å²) in [6, 6.07) is 2.62. The molecule has 2 saturated heterocycles. The lowest BCUT2D eigenvalue weighted by Crippen LogP contribution is -2.41. The number of ether oxygens (including phenoxy) is 2. The Morgan fingerprint density at radius 3 is 3.00 bits per heavy atom. The molecule has 22 heavy (non-hydrogen) atoms. The van der Waals surface area contributed by atoms with E-state index in [-0.39, 0.29) is 43.1 Å².